The molecule has 0 radical (unpaired) electrons. The zero-order chi connectivity index (χ0) is 29.4. The Balaban J connectivity index is 1.62. The third-order valence-corrected chi connectivity index (χ3v) is 7.95. The number of aromatic nitrogens is 1. The van der Waals surface area contributed by atoms with Gasteiger partial charge in [0.15, 0.2) is 5.43 Å². The summed E-state index contributed by atoms with van der Waals surface area (Å²) in [5, 5.41) is 22.6. The first-order valence-corrected chi connectivity index (χ1v) is 13.9. The summed E-state index contributed by atoms with van der Waals surface area (Å²) in [7, 11) is 1.54. The van der Waals surface area contributed by atoms with E-state index in [-0.39, 0.29) is 40.2 Å². The Bertz CT molecular complexity index is 1920. The molecule has 0 saturated carbocycles. The van der Waals surface area contributed by atoms with Crippen molar-refractivity contribution in [2.75, 3.05) is 20.2 Å². The molecule has 9 nitrogen and oxygen atoms in total. The number of nitrogens with one attached hydrogen (secondary N) is 1. The molecule has 6 rings (SSSR count). The third-order valence-electron chi connectivity index (χ3n) is 7.95. The zero-order valence-electron chi connectivity index (χ0n) is 23.1. The molecule has 5 aromatic rings. The molecule has 1 fully saturated rings. The Labute approximate surface area is 240 Å². The molecule has 1 saturated heterocycles. The number of H-pyrrole nitrogens is 1. The van der Waals surface area contributed by atoms with Crippen LogP contribution in [0, 0.1) is 0 Å². The molecule has 1 amide bonds. The van der Waals surface area contributed by atoms with E-state index in [2.05, 4.69) is 4.98 Å². The molecule has 3 aromatic carbocycles. The Morgan fingerprint density at radius 1 is 0.976 bits per heavy atom. The predicted octanol–water partition coefficient (Wildman–Crippen LogP) is 5.26. The number of aromatic hydroxyl groups is 2. The van der Waals surface area contributed by atoms with Crippen LogP contribution < -0.4 is 15.7 Å². The molecule has 0 aliphatic carbocycles. The van der Waals surface area contributed by atoms with Crippen molar-refractivity contribution in [1.82, 2.24) is 9.88 Å². The molecular weight excluding hydrogens is 536 g/mol. The van der Waals surface area contributed by atoms with E-state index in [4.69, 9.17) is 9.15 Å². The number of hydrogen-bond donors (Lipinski definition) is 3. The molecule has 0 unspecified atom stereocenters. The van der Waals surface area contributed by atoms with Crippen molar-refractivity contribution in [1.29, 1.82) is 0 Å². The van der Waals surface area contributed by atoms with E-state index >= 15 is 0 Å². The van der Waals surface area contributed by atoms with Crippen LogP contribution >= 0.6 is 0 Å². The van der Waals surface area contributed by atoms with Crippen LogP contribution in [0.2, 0.25) is 0 Å². The summed E-state index contributed by atoms with van der Waals surface area (Å²) < 4.78 is 11.6. The predicted molar refractivity (Wildman–Crippen MR) is 159 cm³/mol. The number of phenolic OH excluding ortho intramolecular Hbond substituents is 2. The van der Waals surface area contributed by atoms with Crippen molar-refractivity contribution >= 4 is 27.8 Å². The number of rotatable bonds is 6. The fourth-order valence-corrected chi connectivity index (χ4v) is 5.80. The van der Waals surface area contributed by atoms with E-state index in [9.17, 15) is 24.6 Å². The minimum absolute atomic E-state index is 0.0794. The molecule has 3 N–H and O–H groups in total. The molecule has 1 atom stereocenters. The molecule has 0 bridgehead atoms. The number of piperidine rings is 1. The van der Waals surface area contributed by atoms with Crippen LogP contribution in [0.3, 0.4) is 0 Å². The van der Waals surface area contributed by atoms with Crippen molar-refractivity contribution in [3.8, 4) is 28.6 Å². The van der Waals surface area contributed by atoms with Crippen molar-refractivity contribution in [3.63, 3.8) is 0 Å². The second-order valence-corrected chi connectivity index (χ2v) is 10.6. The second kappa shape index (κ2) is 11.1. The lowest BCUT2D eigenvalue weighted by atomic mass is 9.85. The maximum absolute atomic E-state index is 13.7. The molecule has 42 heavy (non-hydrogen) atoms. The van der Waals surface area contributed by atoms with Crippen LogP contribution in [0.5, 0.6) is 17.2 Å². The van der Waals surface area contributed by atoms with Gasteiger partial charge in [0.25, 0.3) is 5.56 Å². The summed E-state index contributed by atoms with van der Waals surface area (Å²) in [6, 6.07) is 18.2. The Morgan fingerprint density at radius 3 is 2.48 bits per heavy atom. The van der Waals surface area contributed by atoms with E-state index in [0.29, 0.717) is 35.3 Å². The van der Waals surface area contributed by atoms with Crippen molar-refractivity contribution in [3.05, 3.63) is 98.4 Å². The van der Waals surface area contributed by atoms with Gasteiger partial charge in [0.1, 0.15) is 34.0 Å². The van der Waals surface area contributed by atoms with E-state index in [1.807, 2.05) is 6.07 Å². The van der Waals surface area contributed by atoms with Crippen LogP contribution in [-0.2, 0) is 4.79 Å². The summed E-state index contributed by atoms with van der Waals surface area (Å²) in [6.45, 7) is 1.21. The van der Waals surface area contributed by atoms with Gasteiger partial charge in [-0.3, -0.25) is 14.4 Å². The number of pyridine rings is 1. The number of methoxy groups -OCH3 is 1. The highest BCUT2D eigenvalue weighted by Crippen LogP contribution is 2.43. The third kappa shape index (κ3) is 4.98. The lowest BCUT2D eigenvalue weighted by Crippen LogP contribution is -2.37. The van der Waals surface area contributed by atoms with Gasteiger partial charge in [0.05, 0.1) is 7.11 Å². The number of phenols is 2. The van der Waals surface area contributed by atoms with Gasteiger partial charge in [-0.25, -0.2) is 0 Å². The second-order valence-electron chi connectivity index (χ2n) is 10.6. The van der Waals surface area contributed by atoms with Crippen LogP contribution in [0.25, 0.3) is 33.2 Å². The zero-order valence-corrected chi connectivity index (χ0v) is 23.1. The SMILES string of the molecule is COc1ccc2[nH]c(=O)c([C@@H](CC(=O)N3CCCCC3)c3c(O)cc(O)c4c(=O)cc(-c5ccccc5)oc34)cc2c1. The van der Waals surface area contributed by atoms with Gasteiger partial charge in [-0.05, 0) is 43.5 Å². The number of likely N-dealkylation sites (tertiary alicyclic amines) is 1. The number of hydrogen-bond acceptors (Lipinski definition) is 7. The largest absolute Gasteiger partial charge is 0.507 e. The highest BCUT2D eigenvalue weighted by atomic mass is 16.5. The fraction of sp³-hybridized carbons (Fsp3) is 0.242. The number of carbonyl (C=O) groups is 1. The molecule has 3 heterocycles. The first-order valence-electron chi connectivity index (χ1n) is 13.9. The molecule has 214 valence electrons. The average molecular weight is 567 g/mol. The normalized spacial score (nSPS) is 14.3. The van der Waals surface area contributed by atoms with Crippen LogP contribution in [0.1, 0.15) is 42.7 Å². The van der Waals surface area contributed by atoms with Gasteiger partial charge >= 0.3 is 0 Å². The number of benzene rings is 3. The number of ether oxygens (including phenoxy) is 1. The van der Waals surface area contributed by atoms with Crippen molar-refractivity contribution in [2.45, 2.75) is 31.6 Å². The standard InChI is InChI=1S/C33H30N2O7/c1-41-21-10-11-24-20(14-21)15-23(33(40)34-24)22(16-29(39)35-12-6-3-7-13-35)30-25(36)17-26(37)31-27(38)18-28(42-32(30)31)19-8-4-2-5-9-19/h2,4-5,8-11,14-15,17-18,22,36-37H,3,6-7,12-13,16H2,1H3,(H,34,40)/t22-/m1/s1. The number of aromatic amines is 1. The fourth-order valence-electron chi connectivity index (χ4n) is 5.80. The monoisotopic (exact) mass is 566 g/mol. The van der Waals surface area contributed by atoms with Gasteiger partial charge < -0.3 is 29.3 Å². The number of nitrogens with zero attached hydrogens (tertiary/aromatic N) is 1. The summed E-state index contributed by atoms with van der Waals surface area (Å²) >= 11 is 0. The lowest BCUT2D eigenvalue weighted by Gasteiger charge is -2.29. The van der Waals surface area contributed by atoms with Crippen molar-refractivity contribution in [2.24, 2.45) is 0 Å². The van der Waals surface area contributed by atoms with E-state index in [1.165, 1.54) is 6.07 Å². The molecule has 0 spiro atoms. The highest BCUT2D eigenvalue weighted by Gasteiger charge is 2.31. The van der Waals surface area contributed by atoms with Gasteiger partial charge in [-0.1, -0.05) is 30.3 Å². The van der Waals surface area contributed by atoms with Crippen LogP contribution in [0.4, 0.5) is 0 Å². The van der Waals surface area contributed by atoms with Crippen LogP contribution in [-0.4, -0.2) is 46.2 Å². The minimum Gasteiger partial charge on any atom is -0.507 e. The molecule has 9 heteroatoms. The van der Waals surface area contributed by atoms with Crippen molar-refractivity contribution < 1.29 is 24.2 Å². The average Bonchev–Trinajstić information content (AvgIpc) is 3.00. The smallest absolute Gasteiger partial charge is 0.252 e. The Hall–Kier alpha value is -5.05. The van der Waals surface area contributed by atoms with Gasteiger partial charge in [0.2, 0.25) is 5.91 Å². The topological polar surface area (TPSA) is 133 Å². The lowest BCUT2D eigenvalue weighted by molar-refractivity contribution is -0.132. The Kier molecular flexibility index (Phi) is 7.16. The summed E-state index contributed by atoms with van der Waals surface area (Å²) in [4.78, 5) is 45.2. The minimum atomic E-state index is -1.00. The van der Waals surface area contributed by atoms with E-state index < -0.39 is 28.4 Å². The van der Waals surface area contributed by atoms with E-state index in [0.717, 1.165) is 25.3 Å². The van der Waals surface area contributed by atoms with Gasteiger partial charge in [0, 0.05) is 65.2 Å². The molecule has 1 aliphatic heterocycles. The summed E-state index contributed by atoms with van der Waals surface area (Å²) in [5.74, 6) is -1.24. The molecule has 2 aromatic heterocycles. The quantitative estimate of drug-likeness (QED) is 0.255. The Morgan fingerprint density at radius 2 is 1.74 bits per heavy atom. The van der Waals surface area contributed by atoms with Crippen LogP contribution in [0.15, 0.2) is 80.7 Å². The van der Waals surface area contributed by atoms with Gasteiger partial charge in [-0.2, -0.15) is 0 Å². The summed E-state index contributed by atoms with van der Waals surface area (Å²) in [5.41, 5.74) is 0.413. The number of fused-ring (bicyclic) bond motifs is 2. The number of carbonyl (C=O) groups excluding carboxylic acids is 1. The first kappa shape index (κ1) is 27.1. The number of amides is 1. The van der Waals surface area contributed by atoms with E-state index in [1.54, 1.807) is 60.5 Å². The molecule has 1 aliphatic rings. The maximum Gasteiger partial charge on any atom is 0.252 e. The summed E-state index contributed by atoms with van der Waals surface area (Å²) in [6.07, 6.45) is 2.65. The molecular formula is C33H30N2O7. The van der Waals surface area contributed by atoms with Gasteiger partial charge in [-0.15, -0.1) is 0 Å². The maximum atomic E-state index is 13.7. The first-order chi connectivity index (χ1) is 20.3. The highest BCUT2D eigenvalue weighted by molar-refractivity contribution is 5.91.